The lowest BCUT2D eigenvalue weighted by atomic mass is 9.92. The van der Waals surface area contributed by atoms with Crippen molar-refractivity contribution in [1.29, 1.82) is 0 Å². The number of hydrogen-bond donors (Lipinski definition) is 1. The number of nitrogens with one attached hydrogen (secondary N) is 1. The number of ether oxygens (including phenoxy) is 1. The van der Waals surface area contributed by atoms with E-state index in [1.54, 1.807) is 0 Å². The summed E-state index contributed by atoms with van der Waals surface area (Å²) in [6.07, 6.45) is 0.548. The molecule has 3 rings (SSSR count). The minimum Gasteiger partial charge on any atom is -0.493 e. The summed E-state index contributed by atoms with van der Waals surface area (Å²) in [6, 6.07) is 10.6. The van der Waals surface area contributed by atoms with Crippen LogP contribution in [0.15, 0.2) is 42.5 Å². The summed E-state index contributed by atoms with van der Waals surface area (Å²) in [5, 5.41) is 2.62. The maximum atomic E-state index is 13.2. The van der Waals surface area contributed by atoms with Crippen molar-refractivity contribution in [2.75, 3.05) is 11.9 Å². The van der Waals surface area contributed by atoms with E-state index in [-0.39, 0.29) is 17.5 Å². The van der Waals surface area contributed by atoms with E-state index >= 15 is 0 Å². The zero-order valence-electron chi connectivity index (χ0n) is 11.1. The molecule has 0 saturated carbocycles. The molecule has 1 N–H and O–H groups in total. The topological polar surface area (TPSA) is 38.3 Å². The fraction of sp³-hybridized carbons (Fsp3) is 0.188. The third kappa shape index (κ3) is 2.72. The second kappa shape index (κ2) is 5.52. The van der Waals surface area contributed by atoms with Crippen LogP contribution in [0.5, 0.6) is 5.75 Å². The summed E-state index contributed by atoms with van der Waals surface area (Å²) in [7, 11) is 0. The number of para-hydroxylation sites is 1. The second-order valence-corrected chi connectivity index (χ2v) is 4.85. The van der Waals surface area contributed by atoms with Gasteiger partial charge in [0.05, 0.1) is 12.5 Å². The fourth-order valence-corrected chi connectivity index (χ4v) is 2.42. The van der Waals surface area contributed by atoms with Crippen LogP contribution in [0.3, 0.4) is 0 Å². The number of benzene rings is 2. The van der Waals surface area contributed by atoms with E-state index in [1.807, 2.05) is 24.3 Å². The maximum absolute atomic E-state index is 13.2. The summed E-state index contributed by atoms with van der Waals surface area (Å²) >= 11 is 0. The first-order valence-electron chi connectivity index (χ1n) is 6.63. The van der Waals surface area contributed by atoms with Gasteiger partial charge in [-0.05, 0) is 24.6 Å². The normalized spacial score (nSPS) is 16.8. The number of hydrogen-bond acceptors (Lipinski definition) is 2. The van der Waals surface area contributed by atoms with Gasteiger partial charge in [-0.3, -0.25) is 4.79 Å². The second-order valence-electron chi connectivity index (χ2n) is 4.85. The molecule has 5 heteroatoms. The SMILES string of the molecule is O=C(Nc1ccc(F)c(F)c1)C1CCOc2ccccc21. The molecule has 2 aromatic rings. The standard InChI is InChI=1S/C16H13F2NO2/c17-13-6-5-10(9-14(13)18)19-16(20)12-7-8-21-15-4-2-1-3-11(12)15/h1-6,9,12H,7-8H2,(H,19,20). The molecule has 0 saturated heterocycles. The third-order valence-electron chi connectivity index (χ3n) is 3.46. The van der Waals surface area contributed by atoms with E-state index < -0.39 is 11.6 Å². The Morgan fingerprint density at radius 3 is 2.76 bits per heavy atom. The average molecular weight is 289 g/mol. The van der Waals surface area contributed by atoms with Crippen LogP contribution in [0.2, 0.25) is 0 Å². The molecule has 0 spiro atoms. The molecular weight excluding hydrogens is 276 g/mol. The Balaban J connectivity index is 1.81. The highest BCUT2D eigenvalue weighted by atomic mass is 19.2. The summed E-state index contributed by atoms with van der Waals surface area (Å²) < 4.78 is 31.5. The van der Waals surface area contributed by atoms with Crippen LogP contribution in [0.25, 0.3) is 0 Å². The smallest absolute Gasteiger partial charge is 0.232 e. The molecule has 0 radical (unpaired) electrons. The van der Waals surface area contributed by atoms with Gasteiger partial charge in [-0.1, -0.05) is 18.2 Å². The molecule has 21 heavy (non-hydrogen) atoms. The molecule has 1 atom stereocenters. The van der Waals surface area contributed by atoms with Crippen LogP contribution in [0.4, 0.5) is 14.5 Å². The minimum atomic E-state index is -0.986. The van der Waals surface area contributed by atoms with E-state index in [2.05, 4.69) is 5.32 Å². The molecule has 0 fully saturated rings. The Kier molecular flexibility index (Phi) is 3.56. The average Bonchev–Trinajstić information content (AvgIpc) is 2.50. The third-order valence-corrected chi connectivity index (χ3v) is 3.46. The minimum absolute atomic E-state index is 0.239. The van der Waals surface area contributed by atoms with Crippen LogP contribution < -0.4 is 10.1 Å². The largest absolute Gasteiger partial charge is 0.493 e. The molecular formula is C16H13F2NO2. The lowest BCUT2D eigenvalue weighted by Gasteiger charge is -2.25. The molecule has 108 valence electrons. The Bertz CT molecular complexity index is 688. The van der Waals surface area contributed by atoms with Crippen molar-refractivity contribution in [2.24, 2.45) is 0 Å². The van der Waals surface area contributed by atoms with Gasteiger partial charge in [0.15, 0.2) is 11.6 Å². The van der Waals surface area contributed by atoms with Gasteiger partial charge >= 0.3 is 0 Å². The monoisotopic (exact) mass is 289 g/mol. The first-order chi connectivity index (χ1) is 10.1. The molecule has 0 aliphatic carbocycles. The van der Waals surface area contributed by atoms with Crippen LogP contribution in [0.1, 0.15) is 17.9 Å². The lowest BCUT2D eigenvalue weighted by molar-refractivity contribution is -0.118. The molecule has 0 bridgehead atoms. The number of anilines is 1. The number of rotatable bonds is 2. The van der Waals surface area contributed by atoms with Gasteiger partial charge in [-0.2, -0.15) is 0 Å². The van der Waals surface area contributed by atoms with Gasteiger partial charge in [0.2, 0.25) is 5.91 Å². The molecule has 2 aromatic carbocycles. The van der Waals surface area contributed by atoms with Gasteiger partial charge < -0.3 is 10.1 Å². The number of halogens is 2. The van der Waals surface area contributed by atoms with Crippen molar-refractivity contribution in [2.45, 2.75) is 12.3 Å². The number of carbonyl (C=O) groups excluding carboxylic acids is 1. The molecule has 1 unspecified atom stereocenters. The van der Waals surface area contributed by atoms with Crippen LogP contribution in [0, 0.1) is 11.6 Å². The number of amides is 1. The van der Waals surface area contributed by atoms with Gasteiger partial charge in [0, 0.05) is 17.3 Å². The zero-order valence-corrected chi connectivity index (χ0v) is 11.1. The van der Waals surface area contributed by atoms with Crippen LogP contribution >= 0.6 is 0 Å². The Morgan fingerprint density at radius 2 is 1.95 bits per heavy atom. The van der Waals surface area contributed by atoms with E-state index in [0.717, 1.165) is 17.7 Å². The molecule has 1 aliphatic rings. The highest BCUT2D eigenvalue weighted by Crippen LogP contribution is 2.34. The molecule has 1 aliphatic heterocycles. The number of carbonyl (C=O) groups is 1. The van der Waals surface area contributed by atoms with Crippen molar-refractivity contribution in [3.8, 4) is 5.75 Å². The Hall–Kier alpha value is -2.43. The molecule has 0 aromatic heterocycles. The first-order valence-corrected chi connectivity index (χ1v) is 6.63. The Morgan fingerprint density at radius 1 is 1.14 bits per heavy atom. The van der Waals surface area contributed by atoms with Crippen molar-refractivity contribution in [3.63, 3.8) is 0 Å². The Labute approximate surface area is 120 Å². The maximum Gasteiger partial charge on any atom is 0.232 e. The zero-order chi connectivity index (χ0) is 14.8. The van der Waals surface area contributed by atoms with Gasteiger partial charge in [-0.25, -0.2) is 8.78 Å². The summed E-state index contributed by atoms with van der Waals surface area (Å²) in [5.74, 6) is -1.85. The first kappa shape index (κ1) is 13.5. The summed E-state index contributed by atoms with van der Waals surface area (Å²) in [4.78, 5) is 12.3. The van der Waals surface area contributed by atoms with Crippen molar-refractivity contribution in [3.05, 3.63) is 59.7 Å². The van der Waals surface area contributed by atoms with E-state index in [1.165, 1.54) is 6.07 Å². The summed E-state index contributed by atoms with van der Waals surface area (Å²) in [6.45, 7) is 0.451. The van der Waals surface area contributed by atoms with Crippen LogP contribution in [-0.4, -0.2) is 12.5 Å². The molecule has 1 heterocycles. The van der Waals surface area contributed by atoms with E-state index in [4.69, 9.17) is 4.74 Å². The van der Waals surface area contributed by atoms with Gasteiger partial charge in [-0.15, -0.1) is 0 Å². The summed E-state index contributed by atoms with van der Waals surface area (Å²) in [5.41, 5.74) is 1.05. The molecule has 3 nitrogen and oxygen atoms in total. The fourth-order valence-electron chi connectivity index (χ4n) is 2.42. The predicted octanol–water partition coefficient (Wildman–Crippen LogP) is 3.47. The van der Waals surface area contributed by atoms with Crippen molar-refractivity contribution in [1.82, 2.24) is 0 Å². The lowest BCUT2D eigenvalue weighted by Crippen LogP contribution is -2.26. The van der Waals surface area contributed by atoms with Crippen LogP contribution in [-0.2, 0) is 4.79 Å². The molecule has 1 amide bonds. The van der Waals surface area contributed by atoms with Gasteiger partial charge in [0.25, 0.3) is 0 Å². The highest BCUT2D eigenvalue weighted by Gasteiger charge is 2.27. The van der Waals surface area contributed by atoms with Gasteiger partial charge in [0.1, 0.15) is 5.75 Å². The van der Waals surface area contributed by atoms with Crippen molar-refractivity contribution >= 4 is 11.6 Å². The van der Waals surface area contributed by atoms with E-state index in [0.29, 0.717) is 18.8 Å². The van der Waals surface area contributed by atoms with E-state index in [9.17, 15) is 13.6 Å². The quantitative estimate of drug-likeness (QED) is 0.919. The van der Waals surface area contributed by atoms with Crippen molar-refractivity contribution < 1.29 is 18.3 Å². The number of fused-ring (bicyclic) bond motifs is 1. The predicted molar refractivity (Wildman–Crippen MR) is 74.3 cm³/mol. The highest BCUT2D eigenvalue weighted by molar-refractivity contribution is 5.96.